The van der Waals surface area contributed by atoms with Gasteiger partial charge in [-0.25, -0.2) is 0 Å². The van der Waals surface area contributed by atoms with Crippen LogP contribution in [0.15, 0.2) is 23.2 Å². The third-order valence-corrected chi connectivity index (χ3v) is 6.19. The van der Waals surface area contributed by atoms with Gasteiger partial charge in [-0.3, -0.25) is 9.89 Å². The van der Waals surface area contributed by atoms with Crippen LogP contribution in [0.4, 0.5) is 0 Å². The fraction of sp³-hybridized carbons (Fsp3) is 0.682. The van der Waals surface area contributed by atoms with E-state index in [1.807, 2.05) is 13.1 Å². The van der Waals surface area contributed by atoms with Crippen LogP contribution in [-0.4, -0.2) is 75.8 Å². The molecule has 6 heteroatoms. The van der Waals surface area contributed by atoms with Crippen molar-refractivity contribution in [2.24, 2.45) is 4.99 Å². The maximum Gasteiger partial charge on any atom is 0.193 e. The van der Waals surface area contributed by atoms with E-state index in [4.69, 9.17) is 9.47 Å². The lowest BCUT2D eigenvalue weighted by Crippen LogP contribution is -2.46. The van der Waals surface area contributed by atoms with Gasteiger partial charge in [-0.05, 0) is 50.0 Å². The van der Waals surface area contributed by atoms with Crippen molar-refractivity contribution in [2.75, 3.05) is 54.0 Å². The van der Waals surface area contributed by atoms with Crippen LogP contribution in [0.5, 0.6) is 11.5 Å². The van der Waals surface area contributed by atoms with Crippen molar-refractivity contribution in [1.29, 1.82) is 0 Å². The second-order valence-corrected chi connectivity index (χ2v) is 8.49. The van der Waals surface area contributed by atoms with Crippen molar-refractivity contribution in [3.8, 4) is 11.5 Å². The summed E-state index contributed by atoms with van der Waals surface area (Å²) >= 11 is 0. The standard InChI is InChI=1S/C22H36N4O2/c1-22(2,17-8-9-19(27-4)20(14-17)28-5)16-24-21(23-3)26-13-10-18(15-26)25-11-6-7-12-25/h8-9,14,18H,6-7,10-13,15-16H2,1-5H3,(H,23,24). The van der Waals surface area contributed by atoms with Crippen LogP contribution >= 0.6 is 0 Å². The van der Waals surface area contributed by atoms with E-state index in [1.165, 1.54) is 37.9 Å². The first-order chi connectivity index (χ1) is 13.5. The van der Waals surface area contributed by atoms with Gasteiger partial charge in [0.25, 0.3) is 0 Å². The molecule has 28 heavy (non-hydrogen) atoms. The second kappa shape index (κ2) is 9.03. The molecule has 0 spiro atoms. The first-order valence-electron chi connectivity index (χ1n) is 10.4. The number of hydrogen-bond acceptors (Lipinski definition) is 4. The zero-order chi connectivity index (χ0) is 20.1. The van der Waals surface area contributed by atoms with Gasteiger partial charge in [0.15, 0.2) is 17.5 Å². The number of nitrogens with one attached hydrogen (secondary N) is 1. The van der Waals surface area contributed by atoms with Gasteiger partial charge in [0.2, 0.25) is 0 Å². The minimum absolute atomic E-state index is 0.0659. The van der Waals surface area contributed by atoms with Crippen LogP contribution < -0.4 is 14.8 Å². The number of rotatable bonds is 6. The lowest BCUT2D eigenvalue weighted by Gasteiger charge is -2.30. The predicted octanol–water partition coefficient (Wildman–Crippen LogP) is 2.73. The van der Waals surface area contributed by atoms with Crippen LogP contribution in [-0.2, 0) is 5.41 Å². The lowest BCUT2D eigenvalue weighted by atomic mass is 9.84. The highest BCUT2D eigenvalue weighted by Crippen LogP contribution is 2.33. The summed E-state index contributed by atoms with van der Waals surface area (Å²) in [6, 6.07) is 6.85. The Morgan fingerprint density at radius 3 is 2.50 bits per heavy atom. The largest absolute Gasteiger partial charge is 0.493 e. The van der Waals surface area contributed by atoms with Crippen LogP contribution in [0.1, 0.15) is 38.7 Å². The molecule has 0 amide bonds. The number of hydrogen-bond donors (Lipinski definition) is 1. The number of likely N-dealkylation sites (tertiary alicyclic amines) is 2. The van der Waals surface area contributed by atoms with E-state index in [9.17, 15) is 0 Å². The molecule has 3 rings (SSSR count). The molecule has 1 aromatic rings. The van der Waals surface area contributed by atoms with E-state index < -0.39 is 0 Å². The highest BCUT2D eigenvalue weighted by atomic mass is 16.5. The fourth-order valence-corrected chi connectivity index (χ4v) is 4.33. The molecular weight excluding hydrogens is 352 g/mol. The Kier molecular flexibility index (Phi) is 6.70. The molecular formula is C22H36N4O2. The van der Waals surface area contributed by atoms with E-state index in [0.29, 0.717) is 6.04 Å². The molecule has 0 bridgehead atoms. The number of nitrogens with zero attached hydrogens (tertiary/aromatic N) is 3. The molecule has 1 atom stereocenters. The number of ether oxygens (including phenoxy) is 2. The SMILES string of the molecule is CN=C(NCC(C)(C)c1ccc(OC)c(OC)c1)N1CCC(N2CCCC2)C1. The maximum atomic E-state index is 5.48. The van der Waals surface area contributed by atoms with Gasteiger partial charge in [0, 0.05) is 38.1 Å². The molecule has 2 saturated heterocycles. The van der Waals surface area contributed by atoms with Gasteiger partial charge in [0.1, 0.15) is 0 Å². The van der Waals surface area contributed by atoms with Crippen molar-refractivity contribution in [2.45, 2.75) is 44.6 Å². The molecule has 0 aliphatic carbocycles. The third-order valence-electron chi connectivity index (χ3n) is 6.19. The quantitative estimate of drug-likeness (QED) is 0.600. The molecule has 0 aromatic heterocycles. The predicted molar refractivity (Wildman–Crippen MR) is 115 cm³/mol. The molecule has 1 unspecified atom stereocenters. The molecule has 156 valence electrons. The average Bonchev–Trinajstić information content (AvgIpc) is 3.39. The van der Waals surface area contributed by atoms with Crippen molar-refractivity contribution in [3.05, 3.63) is 23.8 Å². The number of guanidine groups is 1. The summed E-state index contributed by atoms with van der Waals surface area (Å²) in [5.74, 6) is 2.54. The van der Waals surface area contributed by atoms with Crippen LogP contribution in [0.3, 0.4) is 0 Å². The average molecular weight is 389 g/mol. The van der Waals surface area contributed by atoms with Crippen molar-refractivity contribution >= 4 is 5.96 Å². The van der Waals surface area contributed by atoms with Gasteiger partial charge in [-0.2, -0.15) is 0 Å². The summed E-state index contributed by atoms with van der Waals surface area (Å²) < 4.78 is 10.8. The Labute approximate surface area is 169 Å². The maximum absolute atomic E-state index is 5.48. The van der Waals surface area contributed by atoms with Gasteiger partial charge in [-0.15, -0.1) is 0 Å². The number of aliphatic imine (C=N–C) groups is 1. The van der Waals surface area contributed by atoms with Gasteiger partial charge < -0.3 is 19.7 Å². The van der Waals surface area contributed by atoms with E-state index in [-0.39, 0.29) is 5.41 Å². The molecule has 1 aromatic carbocycles. The van der Waals surface area contributed by atoms with Crippen molar-refractivity contribution < 1.29 is 9.47 Å². The normalized spacial score (nSPS) is 21.2. The molecule has 0 radical (unpaired) electrons. The third kappa shape index (κ3) is 4.54. The van der Waals surface area contributed by atoms with Crippen LogP contribution in [0, 0.1) is 0 Å². The summed E-state index contributed by atoms with van der Waals surface area (Å²) in [6.45, 7) is 9.97. The highest BCUT2D eigenvalue weighted by Gasteiger charge is 2.31. The summed E-state index contributed by atoms with van der Waals surface area (Å²) in [5, 5.41) is 3.61. The summed E-state index contributed by atoms with van der Waals surface area (Å²) in [6.07, 6.45) is 3.94. The topological polar surface area (TPSA) is 49.3 Å². The molecule has 2 heterocycles. The van der Waals surface area contributed by atoms with Crippen molar-refractivity contribution in [3.63, 3.8) is 0 Å². The summed E-state index contributed by atoms with van der Waals surface area (Å²) in [4.78, 5) is 9.62. The second-order valence-electron chi connectivity index (χ2n) is 8.49. The van der Waals surface area contributed by atoms with Gasteiger partial charge in [-0.1, -0.05) is 19.9 Å². The Morgan fingerprint density at radius 2 is 1.86 bits per heavy atom. The molecule has 0 saturated carbocycles. The molecule has 2 aliphatic rings. The van der Waals surface area contributed by atoms with Crippen LogP contribution in [0.25, 0.3) is 0 Å². The van der Waals surface area contributed by atoms with Gasteiger partial charge in [0.05, 0.1) is 14.2 Å². The number of methoxy groups -OCH3 is 2. The van der Waals surface area contributed by atoms with Crippen molar-refractivity contribution in [1.82, 2.24) is 15.1 Å². The summed E-state index contributed by atoms with van der Waals surface area (Å²) in [7, 11) is 5.23. The molecule has 2 aliphatic heterocycles. The summed E-state index contributed by atoms with van der Waals surface area (Å²) in [5.41, 5.74) is 1.15. The Morgan fingerprint density at radius 1 is 1.14 bits per heavy atom. The minimum atomic E-state index is -0.0659. The molecule has 6 nitrogen and oxygen atoms in total. The van der Waals surface area contributed by atoms with E-state index in [2.05, 4.69) is 46.1 Å². The van der Waals surface area contributed by atoms with E-state index in [1.54, 1.807) is 14.2 Å². The molecule has 1 N–H and O–H groups in total. The van der Waals surface area contributed by atoms with Crippen LogP contribution in [0.2, 0.25) is 0 Å². The Bertz CT molecular complexity index is 683. The van der Waals surface area contributed by atoms with Gasteiger partial charge >= 0.3 is 0 Å². The monoisotopic (exact) mass is 388 g/mol. The zero-order valence-corrected chi connectivity index (χ0v) is 18.1. The van der Waals surface area contributed by atoms with E-state index >= 15 is 0 Å². The first kappa shape index (κ1) is 20.8. The smallest absolute Gasteiger partial charge is 0.193 e. The lowest BCUT2D eigenvalue weighted by molar-refractivity contribution is 0.249. The Hall–Kier alpha value is -1.95. The Balaban J connectivity index is 1.61. The van der Waals surface area contributed by atoms with E-state index in [0.717, 1.165) is 37.1 Å². The first-order valence-corrected chi connectivity index (χ1v) is 10.4. The highest BCUT2D eigenvalue weighted by molar-refractivity contribution is 5.80. The fourth-order valence-electron chi connectivity index (χ4n) is 4.33. The molecule has 2 fully saturated rings. The number of benzene rings is 1. The minimum Gasteiger partial charge on any atom is -0.493 e. The zero-order valence-electron chi connectivity index (χ0n) is 18.1.